The van der Waals surface area contributed by atoms with Gasteiger partial charge in [0.2, 0.25) is 0 Å². The third-order valence-corrected chi connectivity index (χ3v) is 2.70. The Morgan fingerprint density at radius 2 is 2.22 bits per heavy atom. The molecule has 18 heavy (non-hydrogen) atoms. The molecule has 0 unspecified atom stereocenters. The molecule has 0 fully saturated rings. The fourth-order valence-electron chi connectivity index (χ4n) is 1.48. The van der Waals surface area contributed by atoms with Crippen molar-refractivity contribution in [2.75, 3.05) is 7.11 Å². The van der Waals surface area contributed by atoms with Gasteiger partial charge in [0, 0.05) is 28.5 Å². The number of H-pyrrole nitrogens is 1. The number of halogens is 1. The monoisotopic (exact) mass is 264 g/mol. The maximum Gasteiger partial charge on any atom is 0.344 e. The smallest absolute Gasteiger partial charge is 0.344 e. The summed E-state index contributed by atoms with van der Waals surface area (Å²) in [6.45, 7) is 0. The Morgan fingerprint density at radius 1 is 1.44 bits per heavy atom. The lowest BCUT2D eigenvalue weighted by Crippen LogP contribution is -2.08. The minimum absolute atomic E-state index is 0.378. The van der Waals surface area contributed by atoms with Gasteiger partial charge in [0.1, 0.15) is 0 Å². The van der Waals surface area contributed by atoms with E-state index < -0.39 is 11.7 Å². The van der Waals surface area contributed by atoms with Crippen molar-refractivity contribution >= 4 is 17.6 Å². The number of aromatic amines is 1. The number of hydrogen-bond donors (Lipinski definition) is 1. The summed E-state index contributed by atoms with van der Waals surface area (Å²) in [5, 5.41) is 0.455. The lowest BCUT2D eigenvalue weighted by Gasteiger charge is -2.06. The van der Waals surface area contributed by atoms with Crippen molar-refractivity contribution in [1.82, 2.24) is 9.97 Å². The number of nitrogens with one attached hydrogen (secondary N) is 1. The molecule has 2 rings (SSSR count). The molecule has 0 radical (unpaired) electrons. The highest BCUT2D eigenvalue weighted by Crippen LogP contribution is 2.27. The van der Waals surface area contributed by atoms with E-state index in [1.165, 1.54) is 19.5 Å². The molecule has 0 aliphatic heterocycles. The van der Waals surface area contributed by atoms with Crippen LogP contribution in [0.4, 0.5) is 0 Å². The van der Waals surface area contributed by atoms with Crippen molar-refractivity contribution in [3.8, 4) is 11.1 Å². The second-order valence-electron chi connectivity index (χ2n) is 3.49. The molecule has 0 bridgehead atoms. The predicted molar refractivity (Wildman–Crippen MR) is 66.6 cm³/mol. The molecule has 0 aliphatic rings. The third kappa shape index (κ3) is 2.41. The number of rotatable bonds is 2. The van der Waals surface area contributed by atoms with Crippen LogP contribution in [0.15, 0.2) is 35.4 Å². The highest BCUT2D eigenvalue weighted by molar-refractivity contribution is 6.33. The van der Waals surface area contributed by atoms with Gasteiger partial charge in [-0.15, -0.1) is 0 Å². The molecular formula is C12H9ClN2O3. The van der Waals surface area contributed by atoms with Gasteiger partial charge in [-0.25, -0.2) is 14.6 Å². The lowest BCUT2D eigenvalue weighted by atomic mass is 10.1. The van der Waals surface area contributed by atoms with Crippen LogP contribution in [-0.2, 0) is 4.74 Å². The minimum atomic E-state index is -0.453. The standard InChI is InChI=1S/C12H9ClN2O3/c1-18-11(16)7-2-3-10(13)9(4-7)8-5-14-12(17)15-6-8/h2-6H,1H3,(H,14,15,17). The van der Waals surface area contributed by atoms with Crippen LogP contribution in [0.5, 0.6) is 0 Å². The van der Waals surface area contributed by atoms with E-state index in [0.29, 0.717) is 21.7 Å². The Labute approximate surface area is 107 Å². The number of ether oxygens (including phenoxy) is 1. The van der Waals surface area contributed by atoms with Crippen LogP contribution in [0.25, 0.3) is 11.1 Å². The summed E-state index contributed by atoms with van der Waals surface area (Å²) in [5.74, 6) is -0.453. The second kappa shape index (κ2) is 5.01. The van der Waals surface area contributed by atoms with Gasteiger partial charge in [-0.2, -0.15) is 0 Å². The van der Waals surface area contributed by atoms with E-state index in [9.17, 15) is 9.59 Å². The largest absolute Gasteiger partial charge is 0.465 e. The highest BCUT2D eigenvalue weighted by Gasteiger charge is 2.10. The molecule has 1 aromatic carbocycles. The Hall–Kier alpha value is -2.14. The molecule has 0 saturated carbocycles. The minimum Gasteiger partial charge on any atom is -0.465 e. The van der Waals surface area contributed by atoms with Crippen LogP contribution < -0.4 is 5.69 Å². The van der Waals surface area contributed by atoms with Gasteiger partial charge in [-0.05, 0) is 18.2 Å². The van der Waals surface area contributed by atoms with Crippen molar-refractivity contribution in [3.63, 3.8) is 0 Å². The number of esters is 1. The summed E-state index contributed by atoms with van der Waals surface area (Å²) in [6, 6.07) is 4.74. The Kier molecular flexibility index (Phi) is 3.43. The molecule has 0 spiro atoms. The van der Waals surface area contributed by atoms with Crippen LogP contribution >= 0.6 is 11.6 Å². The average Bonchev–Trinajstić information content (AvgIpc) is 2.39. The molecule has 92 valence electrons. The van der Waals surface area contributed by atoms with Crippen molar-refractivity contribution in [1.29, 1.82) is 0 Å². The average molecular weight is 265 g/mol. The van der Waals surface area contributed by atoms with E-state index in [2.05, 4.69) is 14.7 Å². The highest BCUT2D eigenvalue weighted by atomic mass is 35.5. The first-order valence-corrected chi connectivity index (χ1v) is 5.42. The molecule has 0 amide bonds. The normalized spacial score (nSPS) is 10.1. The van der Waals surface area contributed by atoms with E-state index >= 15 is 0 Å². The molecule has 0 aliphatic carbocycles. The van der Waals surface area contributed by atoms with Crippen LogP contribution in [0, 0.1) is 0 Å². The fourth-order valence-corrected chi connectivity index (χ4v) is 1.71. The van der Waals surface area contributed by atoms with Gasteiger partial charge >= 0.3 is 11.7 Å². The molecule has 1 heterocycles. The summed E-state index contributed by atoms with van der Waals surface area (Å²) >= 11 is 6.05. The quantitative estimate of drug-likeness (QED) is 0.841. The van der Waals surface area contributed by atoms with E-state index in [1.54, 1.807) is 18.2 Å². The Bertz CT molecular complexity index is 632. The zero-order valence-corrected chi connectivity index (χ0v) is 10.2. The van der Waals surface area contributed by atoms with Gasteiger partial charge in [0.25, 0.3) is 0 Å². The lowest BCUT2D eigenvalue weighted by molar-refractivity contribution is 0.0601. The number of methoxy groups -OCH3 is 1. The summed E-state index contributed by atoms with van der Waals surface area (Å²) in [6.07, 6.45) is 2.87. The molecule has 5 nitrogen and oxygen atoms in total. The number of benzene rings is 1. The molecule has 1 aromatic heterocycles. The zero-order chi connectivity index (χ0) is 13.1. The first-order chi connectivity index (χ1) is 8.61. The van der Waals surface area contributed by atoms with E-state index in [1.807, 2.05) is 0 Å². The van der Waals surface area contributed by atoms with E-state index in [4.69, 9.17) is 11.6 Å². The first kappa shape index (κ1) is 12.3. The first-order valence-electron chi connectivity index (χ1n) is 5.05. The Morgan fingerprint density at radius 3 is 2.83 bits per heavy atom. The number of carbonyl (C=O) groups excluding carboxylic acids is 1. The number of hydrogen-bond acceptors (Lipinski definition) is 4. The molecule has 2 aromatic rings. The maximum absolute atomic E-state index is 11.4. The molecule has 0 atom stereocenters. The topological polar surface area (TPSA) is 72.0 Å². The van der Waals surface area contributed by atoms with Crippen LogP contribution in [0.2, 0.25) is 5.02 Å². The van der Waals surface area contributed by atoms with Crippen molar-refractivity contribution in [2.24, 2.45) is 0 Å². The number of carbonyl (C=O) groups is 1. The molecule has 0 saturated heterocycles. The second-order valence-corrected chi connectivity index (χ2v) is 3.90. The van der Waals surface area contributed by atoms with Gasteiger partial charge in [0.05, 0.1) is 12.7 Å². The zero-order valence-electron chi connectivity index (χ0n) is 9.44. The summed E-state index contributed by atoms with van der Waals surface area (Å²) < 4.78 is 4.63. The SMILES string of the molecule is COC(=O)c1ccc(Cl)c(-c2cnc(=O)[nH]c2)c1. The van der Waals surface area contributed by atoms with Crippen LogP contribution in [0.3, 0.4) is 0 Å². The van der Waals surface area contributed by atoms with Gasteiger partial charge in [-0.3, -0.25) is 0 Å². The van der Waals surface area contributed by atoms with Gasteiger partial charge in [0.15, 0.2) is 0 Å². The predicted octanol–water partition coefficient (Wildman–Crippen LogP) is 1.88. The van der Waals surface area contributed by atoms with Gasteiger partial charge in [-0.1, -0.05) is 11.6 Å². The van der Waals surface area contributed by atoms with Crippen LogP contribution in [0.1, 0.15) is 10.4 Å². The number of nitrogens with zero attached hydrogens (tertiary/aromatic N) is 1. The van der Waals surface area contributed by atoms with Gasteiger partial charge < -0.3 is 9.72 Å². The summed E-state index contributed by atoms with van der Waals surface area (Å²) in [4.78, 5) is 28.4. The molecule has 1 N–H and O–H groups in total. The van der Waals surface area contributed by atoms with E-state index in [0.717, 1.165) is 0 Å². The molecular weight excluding hydrogens is 256 g/mol. The van der Waals surface area contributed by atoms with Crippen molar-refractivity contribution < 1.29 is 9.53 Å². The van der Waals surface area contributed by atoms with Crippen LogP contribution in [-0.4, -0.2) is 23.0 Å². The number of aromatic nitrogens is 2. The maximum atomic E-state index is 11.4. The van der Waals surface area contributed by atoms with Crippen molar-refractivity contribution in [3.05, 3.63) is 51.7 Å². The molecule has 6 heteroatoms. The van der Waals surface area contributed by atoms with Crippen molar-refractivity contribution in [2.45, 2.75) is 0 Å². The Balaban J connectivity index is 2.52. The fraction of sp³-hybridized carbons (Fsp3) is 0.0833. The summed E-state index contributed by atoms with van der Waals surface area (Å²) in [5.41, 5.74) is 1.15. The van der Waals surface area contributed by atoms with E-state index in [-0.39, 0.29) is 0 Å². The third-order valence-electron chi connectivity index (χ3n) is 2.37. The summed E-state index contributed by atoms with van der Waals surface area (Å²) in [7, 11) is 1.30.